The summed E-state index contributed by atoms with van der Waals surface area (Å²) < 4.78 is 3.78. The van der Waals surface area contributed by atoms with Crippen LogP contribution in [0.1, 0.15) is 6.92 Å². The normalized spacial score (nSPS) is 11.1. The Bertz CT molecular complexity index is 1400. The zero-order valence-corrected chi connectivity index (χ0v) is 16.6. The van der Waals surface area contributed by atoms with Gasteiger partial charge in [-0.15, -0.1) is 0 Å². The first-order chi connectivity index (χ1) is 14.7. The van der Waals surface area contributed by atoms with Crippen molar-refractivity contribution in [3.05, 3.63) is 102 Å². The Morgan fingerprint density at radius 3 is 2.53 bits per heavy atom. The Morgan fingerprint density at radius 1 is 0.833 bits per heavy atom. The quantitative estimate of drug-likeness (QED) is 0.437. The van der Waals surface area contributed by atoms with Gasteiger partial charge in [-0.2, -0.15) is 0 Å². The molecule has 30 heavy (non-hydrogen) atoms. The van der Waals surface area contributed by atoms with Gasteiger partial charge in [0, 0.05) is 42.3 Å². The molecule has 0 fully saturated rings. The molecule has 1 aromatic carbocycles. The van der Waals surface area contributed by atoms with Gasteiger partial charge in [-0.05, 0) is 48.4 Å². The lowest BCUT2D eigenvalue weighted by Gasteiger charge is -2.08. The van der Waals surface area contributed by atoms with Gasteiger partial charge >= 0.3 is 0 Å². The van der Waals surface area contributed by atoms with Crippen LogP contribution in [0.4, 0.5) is 0 Å². The minimum absolute atomic E-state index is 0.0114. The first kappa shape index (κ1) is 18.1. The van der Waals surface area contributed by atoms with Gasteiger partial charge in [-0.3, -0.25) is 14.2 Å². The number of fused-ring (bicyclic) bond motifs is 1. The van der Waals surface area contributed by atoms with Crippen molar-refractivity contribution >= 4 is 5.65 Å². The molecule has 4 heterocycles. The van der Waals surface area contributed by atoms with Crippen molar-refractivity contribution in [1.29, 1.82) is 0 Å². The molecular formula is C25H20N4O. The summed E-state index contributed by atoms with van der Waals surface area (Å²) in [7, 11) is 0. The SMILES string of the molecule is CCn1cc(-c2ccn3c(-c4ccnc(-c5ccccc5)c4)cnc3c2)ccc1=O. The molecule has 5 heteroatoms. The summed E-state index contributed by atoms with van der Waals surface area (Å²) in [5.41, 5.74) is 6.98. The summed E-state index contributed by atoms with van der Waals surface area (Å²) in [4.78, 5) is 21.0. The van der Waals surface area contributed by atoms with Crippen LogP contribution in [0.25, 0.3) is 39.3 Å². The molecule has 0 N–H and O–H groups in total. The largest absolute Gasteiger partial charge is 0.315 e. The van der Waals surface area contributed by atoms with Gasteiger partial charge in [0.05, 0.1) is 17.6 Å². The highest BCUT2D eigenvalue weighted by molar-refractivity contribution is 5.72. The van der Waals surface area contributed by atoms with Crippen LogP contribution in [0.3, 0.4) is 0 Å². The Hall–Kier alpha value is -3.99. The Kier molecular flexibility index (Phi) is 4.48. The van der Waals surface area contributed by atoms with Crippen molar-refractivity contribution in [3.8, 4) is 33.6 Å². The molecule has 4 aromatic heterocycles. The van der Waals surface area contributed by atoms with Crippen LogP contribution in [0.15, 0.2) is 96.3 Å². The highest BCUT2D eigenvalue weighted by Gasteiger charge is 2.10. The average molecular weight is 392 g/mol. The van der Waals surface area contributed by atoms with Gasteiger partial charge in [0.25, 0.3) is 5.56 Å². The molecule has 0 aliphatic rings. The van der Waals surface area contributed by atoms with Crippen LogP contribution in [0.2, 0.25) is 0 Å². The monoisotopic (exact) mass is 392 g/mol. The van der Waals surface area contributed by atoms with E-state index in [0.717, 1.165) is 39.3 Å². The summed E-state index contributed by atoms with van der Waals surface area (Å²) >= 11 is 0. The predicted molar refractivity (Wildman–Crippen MR) is 119 cm³/mol. The van der Waals surface area contributed by atoms with E-state index in [4.69, 9.17) is 0 Å². The van der Waals surface area contributed by atoms with Gasteiger partial charge in [-0.1, -0.05) is 30.3 Å². The first-order valence-corrected chi connectivity index (χ1v) is 9.93. The number of imidazole rings is 1. The molecule has 0 bridgehead atoms. The average Bonchev–Trinajstić information content (AvgIpc) is 3.23. The van der Waals surface area contributed by atoms with E-state index in [1.54, 1.807) is 10.6 Å². The van der Waals surface area contributed by atoms with E-state index in [9.17, 15) is 4.79 Å². The van der Waals surface area contributed by atoms with E-state index in [2.05, 4.69) is 38.6 Å². The molecule has 5 rings (SSSR count). The molecule has 0 radical (unpaired) electrons. The number of rotatable bonds is 4. The number of pyridine rings is 3. The minimum Gasteiger partial charge on any atom is -0.315 e. The third-order valence-electron chi connectivity index (χ3n) is 5.30. The van der Waals surface area contributed by atoms with Gasteiger partial charge in [0.2, 0.25) is 0 Å². The highest BCUT2D eigenvalue weighted by Crippen LogP contribution is 2.27. The third kappa shape index (κ3) is 3.20. The standard InChI is InChI=1S/C25H20N4O/c1-2-28-17-21(8-9-25(28)30)19-11-13-29-23(16-27-24(29)15-19)20-10-12-26-22(14-20)18-6-4-3-5-7-18/h3-17H,2H2,1H3. The van der Waals surface area contributed by atoms with Crippen molar-refractivity contribution in [2.75, 3.05) is 0 Å². The molecule has 5 nitrogen and oxygen atoms in total. The molecule has 0 atom stereocenters. The van der Waals surface area contributed by atoms with Gasteiger partial charge in [-0.25, -0.2) is 4.98 Å². The van der Waals surface area contributed by atoms with E-state index in [1.807, 2.05) is 68.1 Å². The Labute approximate surface area is 173 Å². The smallest absolute Gasteiger partial charge is 0.250 e. The van der Waals surface area contributed by atoms with Crippen LogP contribution >= 0.6 is 0 Å². The third-order valence-corrected chi connectivity index (χ3v) is 5.30. The van der Waals surface area contributed by atoms with Crippen molar-refractivity contribution in [2.45, 2.75) is 13.5 Å². The summed E-state index contributed by atoms with van der Waals surface area (Å²) in [5.74, 6) is 0. The summed E-state index contributed by atoms with van der Waals surface area (Å²) in [5, 5.41) is 0. The topological polar surface area (TPSA) is 52.2 Å². The number of benzene rings is 1. The number of hydrogen-bond acceptors (Lipinski definition) is 3. The Morgan fingerprint density at radius 2 is 1.70 bits per heavy atom. The lowest BCUT2D eigenvalue weighted by molar-refractivity contribution is 0.728. The number of aromatic nitrogens is 4. The second kappa shape index (κ2) is 7.44. The molecule has 0 unspecified atom stereocenters. The van der Waals surface area contributed by atoms with E-state index >= 15 is 0 Å². The van der Waals surface area contributed by atoms with E-state index < -0.39 is 0 Å². The van der Waals surface area contributed by atoms with Crippen LogP contribution in [0.5, 0.6) is 0 Å². The van der Waals surface area contributed by atoms with E-state index in [-0.39, 0.29) is 5.56 Å². The molecule has 0 saturated heterocycles. The molecular weight excluding hydrogens is 372 g/mol. The molecule has 0 saturated carbocycles. The summed E-state index contributed by atoms with van der Waals surface area (Å²) in [6.45, 7) is 2.61. The fraction of sp³-hybridized carbons (Fsp3) is 0.0800. The summed E-state index contributed by atoms with van der Waals surface area (Å²) in [6, 6.07) is 21.8. The maximum atomic E-state index is 11.9. The molecule has 0 amide bonds. The van der Waals surface area contributed by atoms with Crippen LogP contribution in [-0.4, -0.2) is 18.9 Å². The number of nitrogens with zero attached hydrogens (tertiary/aromatic N) is 4. The van der Waals surface area contributed by atoms with Crippen LogP contribution in [-0.2, 0) is 6.54 Å². The molecule has 0 spiro atoms. The lowest BCUT2D eigenvalue weighted by Crippen LogP contribution is -2.16. The van der Waals surface area contributed by atoms with E-state index in [0.29, 0.717) is 6.54 Å². The minimum atomic E-state index is 0.0114. The predicted octanol–water partition coefficient (Wildman–Crippen LogP) is 4.91. The van der Waals surface area contributed by atoms with Crippen molar-refractivity contribution in [3.63, 3.8) is 0 Å². The van der Waals surface area contributed by atoms with Gasteiger partial charge in [0.15, 0.2) is 0 Å². The van der Waals surface area contributed by atoms with Crippen molar-refractivity contribution < 1.29 is 0 Å². The Balaban J connectivity index is 1.56. The molecule has 0 aliphatic heterocycles. The fourth-order valence-electron chi connectivity index (χ4n) is 3.68. The fourth-order valence-corrected chi connectivity index (χ4v) is 3.68. The number of aryl methyl sites for hydroxylation is 1. The zero-order chi connectivity index (χ0) is 20.5. The van der Waals surface area contributed by atoms with Gasteiger partial charge < -0.3 is 4.57 Å². The summed E-state index contributed by atoms with van der Waals surface area (Å²) in [6.07, 6.45) is 7.64. The maximum absolute atomic E-state index is 11.9. The van der Waals surface area contributed by atoms with Gasteiger partial charge in [0.1, 0.15) is 5.65 Å². The molecule has 0 aliphatic carbocycles. The second-order valence-corrected chi connectivity index (χ2v) is 7.12. The number of hydrogen-bond donors (Lipinski definition) is 0. The van der Waals surface area contributed by atoms with Crippen molar-refractivity contribution in [1.82, 2.24) is 18.9 Å². The van der Waals surface area contributed by atoms with Crippen molar-refractivity contribution in [2.24, 2.45) is 0 Å². The van der Waals surface area contributed by atoms with Crippen LogP contribution in [0, 0.1) is 0 Å². The molecule has 146 valence electrons. The second-order valence-electron chi connectivity index (χ2n) is 7.12. The van der Waals surface area contributed by atoms with E-state index in [1.165, 1.54) is 0 Å². The lowest BCUT2D eigenvalue weighted by atomic mass is 10.1. The van der Waals surface area contributed by atoms with Crippen LogP contribution < -0.4 is 5.56 Å². The molecule has 5 aromatic rings. The highest BCUT2D eigenvalue weighted by atomic mass is 16.1. The zero-order valence-electron chi connectivity index (χ0n) is 16.6. The first-order valence-electron chi connectivity index (χ1n) is 9.93. The maximum Gasteiger partial charge on any atom is 0.250 e.